The molecule has 1 aromatic rings. The molecule has 0 aliphatic rings. The molecule has 0 aromatic heterocycles. The van der Waals surface area contributed by atoms with Crippen molar-refractivity contribution in [2.75, 3.05) is 0 Å². The Kier molecular flexibility index (Phi) is 19.8. The Balaban J connectivity index is 0.00000784. The van der Waals surface area contributed by atoms with E-state index in [0.29, 0.717) is 5.88 Å². The van der Waals surface area contributed by atoms with E-state index >= 15 is 0 Å². The summed E-state index contributed by atoms with van der Waals surface area (Å²) in [6.45, 7) is 6.77. The normalized spacial score (nSPS) is 10.9. The summed E-state index contributed by atoms with van der Waals surface area (Å²) in [5, 5.41) is 0. The molecular weight excluding hydrogens is 391 g/mol. The highest BCUT2D eigenvalue weighted by Gasteiger charge is 2.05. The maximum atomic E-state index is 6.01. The monoisotopic (exact) mass is 440 g/mol. The first kappa shape index (κ1) is 28.9. The SMILES string of the molecule is CCCCCCCCCCCCCCCCCCc1ccc(CCl)c(C)c1C.P. The van der Waals surface area contributed by atoms with Crippen LogP contribution in [0.3, 0.4) is 0 Å². The van der Waals surface area contributed by atoms with Crippen LogP contribution in [0.15, 0.2) is 12.1 Å². The van der Waals surface area contributed by atoms with Crippen LogP contribution in [0.5, 0.6) is 0 Å². The smallest absolute Gasteiger partial charge is 0.0476 e. The van der Waals surface area contributed by atoms with Crippen LogP contribution in [-0.4, -0.2) is 0 Å². The van der Waals surface area contributed by atoms with E-state index in [4.69, 9.17) is 11.6 Å². The van der Waals surface area contributed by atoms with Gasteiger partial charge in [0.2, 0.25) is 0 Å². The van der Waals surface area contributed by atoms with E-state index in [1.165, 1.54) is 131 Å². The average molecular weight is 441 g/mol. The third kappa shape index (κ3) is 13.8. The Labute approximate surface area is 191 Å². The van der Waals surface area contributed by atoms with E-state index in [2.05, 4.69) is 32.9 Å². The fourth-order valence-corrected chi connectivity index (χ4v) is 4.50. The lowest BCUT2D eigenvalue weighted by Crippen LogP contribution is -1.96. The lowest BCUT2D eigenvalue weighted by atomic mass is 9.95. The Morgan fingerprint density at radius 3 is 1.31 bits per heavy atom. The summed E-state index contributed by atoms with van der Waals surface area (Å²) in [4.78, 5) is 0. The van der Waals surface area contributed by atoms with Crippen LogP contribution in [0.25, 0.3) is 0 Å². The topological polar surface area (TPSA) is 0 Å². The minimum Gasteiger partial charge on any atom is -0.153 e. The summed E-state index contributed by atoms with van der Waals surface area (Å²) in [6, 6.07) is 4.52. The predicted octanol–water partition coefficient (Wildman–Crippen LogP) is 9.90. The van der Waals surface area contributed by atoms with Gasteiger partial charge in [-0.25, -0.2) is 0 Å². The van der Waals surface area contributed by atoms with Crippen molar-refractivity contribution in [1.29, 1.82) is 0 Å². The van der Waals surface area contributed by atoms with E-state index in [-0.39, 0.29) is 9.90 Å². The van der Waals surface area contributed by atoms with E-state index < -0.39 is 0 Å². The summed E-state index contributed by atoms with van der Waals surface area (Å²) in [5.74, 6) is 0.631. The molecule has 0 amide bonds. The number of aryl methyl sites for hydroxylation is 1. The summed E-state index contributed by atoms with van der Waals surface area (Å²) in [7, 11) is 0. The molecule has 1 atom stereocenters. The molecule has 1 rings (SSSR count). The second-order valence-electron chi connectivity index (χ2n) is 8.82. The Bertz CT molecular complexity index is 498. The van der Waals surface area contributed by atoms with Gasteiger partial charge in [0.1, 0.15) is 0 Å². The van der Waals surface area contributed by atoms with Gasteiger partial charge in [0.25, 0.3) is 0 Å². The quantitative estimate of drug-likeness (QED) is 0.121. The highest BCUT2D eigenvalue weighted by Crippen LogP contribution is 2.21. The number of rotatable bonds is 18. The van der Waals surface area contributed by atoms with E-state index in [1.54, 1.807) is 0 Å². The number of alkyl halides is 1. The number of hydrogen-bond donors (Lipinski definition) is 0. The van der Waals surface area contributed by atoms with Crippen molar-refractivity contribution in [3.05, 3.63) is 34.4 Å². The summed E-state index contributed by atoms with van der Waals surface area (Å²) in [6.07, 6.45) is 24.2. The van der Waals surface area contributed by atoms with Crippen LogP contribution < -0.4 is 0 Å². The van der Waals surface area contributed by atoms with Gasteiger partial charge in [-0.2, -0.15) is 9.90 Å². The molecule has 0 N–H and O–H groups in total. The van der Waals surface area contributed by atoms with Gasteiger partial charge in [-0.05, 0) is 48.9 Å². The van der Waals surface area contributed by atoms with Gasteiger partial charge in [0, 0.05) is 5.88 Å². The largest absolute Gasteiger partial charge is 0.153 e. The Hall–Kier alpha value is -0.0600. The first-order valence-electron chi connectivity index (χ1n) is 12.3. The molecule has 2 heteroatoms. The molecule has 0 fully saturated rings. The molecule has 0 nitrogen and oxygen atoms in total. The van der Waals surface area contributed by atoms with E-state index in [0.717, 1.165) is 0 Å². The van der Waals surface area contributed by atoms with Crippen molar-refractivity contribution in [1.82, 2.24) is 0 Å². The lowest BCUT2D eigenvalue weighted by molar-refractivity contribution is 0.529. The van der Waals surface area contributed by atoms with Crippen LogP contribution in [0.2, 0.25) is 0 Å². The van der Waals surface area contributed by atoms with E-state index in [9.17, 15) is 0 Å². The van der Waals surface area contributed by atoms with Crippen LogP contribution in [-0.2, 0) is 12.3 Å². The Morgan fingerprint density at radius 2 is 0.897 bits per heavy atom. The van der Waals surface area contributed by atoms with Crippen LogP contribution in [0.1, 0.15) is 132 Å². The standard InChI is InChI=1S/C27H47Cl.H3P/c1-4-5-6-7-8-9-10-11-12-13-14-15-16-17-18-19-20-26-21-22-27(23-28)25(3)24(26)2;/h21-22H,4-20,23H2,1-3H3;1H3. The van der Waals surface area contributed by atoms with Crippen LogP contribution in [0, 0.1) is 13.8 Å². The number of hydrogen-bond acceptors (Lipinski definition) is 0. The van der Waals surface area contributed by atoms with Crippen molar-refractivity contribution in [3.8, 4) is 0 Å². The van der Waals surface area contributed by atoms with Gasteiger partial charge >= 0.3 is 0 Å². The molecule has 170 valence electrons. The van der Waals surface area contributed by atoms with Gasteiger partial charge in [0.15, 0.2) is 0 Å². The first-order chi connectivity index (χ1) is 13.7. The fraction of sp³-hybridized carbons (Fsp3) is 0.778. The lowest BCUT2D eigenvalue weighted by Gasteiger charge is -2.12. The predicted molar refractivity (Wildman–Crippen MR) is 140 cm³/mol. The molecule has 29 heavy (non-hydrogen) atoms. The summed E-state index contributed by atoms with van der Waals surface area (Å²) < 4.78 is 0. The Morgan fingerprint density at radius 1 is 0.552 bits per heavy atom. The zero-order valence-corrected chi connectivity index (χ0v) is 22.1. The first-order valence-corrected chi connectivity index (χ1v) is 12.9. The molecule has 0 saturated carbocycles. The van der Waals surface area contributed by atoms with Gasteiger partial charge in [-0.15, -0.1) is 11.6 Å². The van der Waals surface area contributed by atoms with Gasteiger partial charge in [-0.3, -0.25) is 0 Å². The van der Waals surface area contributed by atoms with Gasteiger partial charge < -0.3 is 0 Å². The molecule has 0 heterocycles. The van der Waals surface area contributed by atoms with Crippen molar-refractivity contribution in [3.63, 3.8) is 0 Å². The second kappa shape index (κ2) is 19.9. The van der Waals surface area contributed by atoms with Gasteiger partial charge in [-0.1, -0.05) is 115 Å². The highest BCUT2D eigenvalue weighted by molar-refractivity contribution is 6.92. The fourth-order valence-electron chi connectivity index (χ4n) is 4.21. The zero-order chi connectivity index (χ0) is 20.5. The van der Waals surface area contributed by atoms with Crippen molar-refractivity contribution in [2.45, 2.75) is 136 Å². The molecule has 1 aromatic carbocycles. The third-order valence-electron chi connectivity index (χ3n) is 6.46. The molecular formula is C27H50ClP. The van der Waals surface area contributed by atoms with Crippen molar-refractivity contribution in [2.24, 2.45) is 0 Å². The van der Waals surface area contributed by atoms with Crippen molar-refractivity contribution >= 4 is 21.5 Å². The summed E-state index contributed by atoms with van der Waals surface area (Å²) >= 11 is 6.01. The van der Waals surface area contributed by atoms with Crippen LogP contribution in [0.4, 0.5) is 0 Å². The van der Waals surface area contributed by atoms with Crippen molar-refractivity contribution < 1.29 is 0 Å². The van der Waals surface area contributed by atoms with Gasteiger partial charge in [0.05, 0.1) is 0 Å². The number of halogens is 1. The highest BCUT2D eigenvalue weighted by atomic mass is 35.5. The molecule has 0 bridgehead atoms. The molecule has 0 aliphatic heterocycles. The molecule has 0 saturated heterocycles. The molecule has 0 aliphatic carbocycles. The van der Waals surface area contributed by atoms with Crippen LogP contribution >= 0.6 is 21.5 Å². The zero-order valence-electron chi connectivity index (χ0n) is 20.0. The minimum atomic E-state index is 0. The number of unbranched alkanes of at least 4 members (excludes halogenated alkanes) is 15. The molecule has 1 unspecified atom stereocenters. The minimum absolute atomic E-state index is 0. The average Bonchev–Trinajstić information content (AvgIpc) is 2.70. The summed E-state index contributed by atoms with van der Waals surface area (Å²) in [5.41, 5.74) is 5.66. The molecule has 0 spiro atoms. The third-order valence-corrected chi connectivity index (χ3v) is 6.74. The maximum absolute atomic E-state index is 6.01. The maximum Gasteiger partial charge on any atom is 0.0476 e. The second-order valence-corrected chi connectivity index (χ2v) is 9.09. The molecule has 0 radical (unpaired) electrons. The number of benzene rings is 1. The van der Waals surface area contributed by atoms with E-state index in [1.807, 2.05) is 0 Å².